The summed E-state index contributed by atoms with van der Waals surface area (Å²) < 4.78 is 44.7. The molecule has 0 spiro atoms. The van der Waals surface area contributed by atoms with Crippen molar-refractivity contribution in [2.45, 2.75) is 0 Å². The number of nitrogens with zero attached hydrogens (tertiary/aromatic N) is 6. The first-order valence-electron chi connectivity index (χ1n) is 13.8. The SMILES string of the molecule is COc1c(Cl)ccc(-c2nc(-c3ccco3)c3cccnc3n2)c1F.COc1c(Cl)ccc(-c2nc(C(=O)O)c3cccnc3n2)c1F. The van der Waals surface area contributed by atoms with E-state index in [0.717, 1.165) is 0 Å². The second-order valence-electron chi connectivity index (χ2n) is 9.71. The molecule has 0 radical (unpaired) electrons. The molecular formula is C33H20Cl2F2N6O5. The lowest BCUT2D eigenvalue weighted by Crippen LogP contribution is -2.06. The van der Waals surface area contributed by atoms with Crippen LogP contribution in [0.3, 0.4) is 0 Å². The maximum absolute atomic E-state index is 14.8. The highest BCUT2D eigenvalue weighted by molar-refractivity contribution is 6.32. The van der Waals surface area contributed by atoms with Gasteiger partial charge in [-0.2, -0.15) is 0 Å². The number of carboxylic acid groups (broad SMARTS) is 1. The van der Waals surface area contributed by atoms with Gasteiger partial charge in [-0.1, -0.05) is 23.2 Å². The Morgan fingerprint density at radius 2 is 1.27 bits per heavy atom. The first kappa shape index (κ1) is 32.2. The van der Waals surface area contributed by atoms with Gasteiger partial charge in [0, 0.05) is 17.8 Å². The fraction of sp³-hybridized carbons (Fsp3) is 0.0606. The van der Waals surface area contributed by atoms with Crippen molar-refractivity contribution in [3.8, 4) is 45.7 Å². The second kappa shape index (κ2) is 13.5. The minimum Gasteiger partial charge on any atom is -0.492 e. The molecule has 0 aliphatic rings. The number of aromatic carboxylic acids is 1. The summed E-state index contributed by atoms with van der Waals surface area (Å²) in [5, 5.41) is 10.6. The molecule has 0 amide bonds. The highest BCUT2D eigenvalue weighted by Gasteiger charge is 2.22. The van der Waals surface area contributed by atoms with Crippen LogP contribution in [0.1, 0.15) is 10.5 Å². The summed E-state index contributed by atoms with van der Waals surface area (Å²) in [5.74, 6) is -2.27. The zero-order chi connectivity index (χ0) is 33.9. The van der Waals surface area contributed by atoms with E-state index in [-0.39, 0.29) is 61.0 Å². The van der Waals surface area contributed by atoms with Crippen molar-refractivity contribution >= 4 is 51.2 Å². The molecule has 48 heavy (non-hydrogen) atoms. The van der Waals surface area contributed by atoms with Gasteiger partial charge in [-0.05, 0) is 60.7 Å². The van der Waals surface area contributed by atoms with Crippen molar-refractivity contribution in [1.29, 1.82) is 0 Å². The molecule has 0 unspecified atom stereocenters. The number of rotatable bonds is 6. The summed E-state index contributed by atoms with van der Waals surface area (Å²) in [5.41, 5.74) is 1.01. The summed E-state index contributed by atoms with van der Waals surface area (Å²) >= 11 is 11.8. The molecule has 0 aliphatic heterocycles. The largest absolute Gasteiger partial charge is 0.492 e. The van der Waals surface area contributed by atoms with E-state index in [1.807, 2.05) is 6.07 Å². The van der Waals surface area contributed by atoms with Crippen LogP contribution in [0.25, 0.3) is 56.3 Å². The number of benzene rings is 2. The lowest BCUT2D eigenvalue weighted by atomic mass is 10.1. The van der Waals surface area contributed by atoms with Gasteiger partial charge in [0.2, 0.25) is 0 Å². The van der Waals surface area contributed by atoms with Gasteiger partial charge in [0.15, 0.2) is 57.5 Å². The number of hydrogen-bond acceptors (Lipinski definition) is 10. The van der Waals surface area contributed by atoms with Crippen LogP contribution in [-0.2, 0) is 0 Å². The number of carboxylic acids is 1. The summed E-state index contributed by atoms with van der Waals surface area (Å²) in [6.45, 7) is 0. The summed E-state index contributed by atoms with van der Waals surface area (Å²) in [6.07, 6.45) is 4.62. The van der Waals surface area contributed by atoms with Crippen LogP contribution in [0.15, 0.2) is 83.7 Å². The molecule has 1 N–H and O–H groups in total. The predicted molar refractivity (Wildman–Crippen MR) is 173 cm³/mol. The molecule has 15 heteroatoms. The van der Waals surface area contributed by atoms with Crippen LogP contribution in [-0.4, -0.2) is 55.2 Å². The van der Waals surface area contributed by atoms with E-state index in [1.165, 1.54) is 50.7 Å². The first-order chi connectivity index (χ1) is 23.2. The quantitative estimate of drug-likeness (QED) is 0.182. The second-order valence-corrected chi connectivity index (χ2v) is 10.5. The third-order valence-electron chi connectivity index (χ3n) is 6.89. The van der Waals surface area contributed by atoms with Gasteiger partial charge in [0.25, 0.3) is 0 Å². The van der Waals surface area contributed by atoms with E-state index in [9.17, 15) is 18.7 Å². The third-order valence-corrected chi connectivity index (χ3v) is 7.48. The summed E-state index contributed by atoms with van der Waals surface area (Å²) in [6, 6.07) is 16.1. The lowest BCUT2D eigenvalue weighted by Gasteiger charge is -2.10. The Morgan fingerprint density at radius 3 is 1.79 bits per heavy atom. The maximum Gasteiger partial charge on any atom is 0.355 e. The zero-order valence-electron chi connectivity index (χ0n) is 24.8. The smallest absolute Gasteiger partial charge is 0.355 e. The average molecular weight is 689 g/mol. The Bertz CT molecular complexity index is 2330. The number of methoxy groups -OCH3 is 2. The lowest BCUT2D eigenvalue weighted by molar-refractivity contribution is 0.0692. The average Bonchev–Trinajstić information content (AvgIpc) is 3.63. The Balaban J connectivity index is 0.000000168. The van der Waals surface area contributed by atoms with Gasteiger partial charge < -0.3 is 19.0 Å². The van der Waals surface area contributed by atoms with Crippen LogP contribution in [0.2, 0.25) is 10.0 Å². The van der Waals surface area contributed by atoms with E-state index >= 15 is 0 Å². The Kier molecular flexibility index (Phi) is 9.06. The highest BCUT2D eigenvalue weighted by atomic mass is 35.5. The van der Waals surface area contributed by atoms with Crippen LogP contribution in [0.4, 0.5) is 8.78 Å². The molecule has 11 nitrogen and oxygen atoms in total. The van der Waals surface area contributed by atoms with E-state index < -0.39 is 17.6 Å². The van der Waals surface area contributed by atoms with Crippen molar-refractivity contribution in [1.82, 2.24) is 29.9 Å². The van der Waals surface area contributed by atoms with Crippen LogP contribution >= 0.6 is 23.2 Å². The molecule has 0 saturated heterocycles. The molecule has 0 aliphatic carbocycles. The maximum atomic E-state index is 14.8. The van der Waals surface area contributed by atoms with Gasteiger partial charge in [0.1, 0.15) is 5.69 Å². The highest BCUT2D eigenvalue weighted by Crippen LogP contribution is 2.36. The Labute approximate surface area is 279 Å². The van der Waals surface area contributed by atoms with Gasteiger partial charge in [-0.3, -0.25) is 0 Å². The standard InChI is InChI=1S/C18H11ClFN3O2.C15H9ClFN3O3/c1-24-16-12(19)7-6-10(14(16)20)18-22-15(13-5-3-9-25-13)11-4-2-8-21-17(11)23-18;1-23-12-9(16)5-4-7(10(12)17)14-19-11(15(21)22)8-3-2-6-18-13(8)20-14/h2-9H,1H3;2-6H,1H3,(H,21,22). The van der Waals surface area contributed by atoms with Crippen molar-refractivity contribution in [3.05, 3.63) is 107 Å². The number of halogens is 4. The van der Waals surface area contributed by atoms with E-state index in [0.29, 0.717) is 22.5 Å². The van der Waals surface area contributed by atoms with Gasteiger partial charge in [0.05, 0.1) is 47.0 Å². The molecule has 7 aromatic rings. The minimum absolute atomic E-state index is 0.0266. The third kappa shape index (κ3) is 6.04. The summed E-state index contributed by atoms with van der Waals surface area (Å²) in [7, 11) is 2.63. The topological polar surface area (TPSA) is 146 Å². The number of ether oxygens (including phenoxy) is 2. The van der Waals surface area contributed by atoms with Crippen LogP contribution in [0, 0.1) is 11.6 Å². The van der Waals surface area contributed by atoms with Gasteiger partial charge in [-0.15, -0.1) is 0 Å². The normalized spacial score (nSPS) is 10.9. The monoisotopic (exact) mass is 688 g/mol. The minimum atomic E-state index is -1.26. The number of carbonyl (C=O) groups is 1. The number of furan rings is 1. The Morgan fingerprint density at radius 1 is 0.729 bits per heavy atom. The van der Waals surface area contributed by atoms with Crippen LogP contribution < -0.4 is 9.47 Å². The van der Waals surface area contributed by atoms with Crippen LogP contribution in [0.5, 0.6) is 11.5 Å². The molecule has 2 aromatic carbocycles. The molecule has 7 rings (SSSR count). The number of pyridine rings is 2. The molecular weight excluding hydrogens is 669 g/mol. The van der Waals surface area contributed by atoms with E-state index in [2.05, 4.69) is 29.9 Å². The van der Waals surface area contributed by atoms with Gasteiger partial charge >= 0.3 is 5.97 Å². The fourth-order valence-electron chi connectivity index (χ4n) is 4.71. The van der Waals surface area contributed by atoms with Crippen molar-refractivity contribution in [2.75, 3.05) is 14.2 Å². The summed E-state index contributed by atoms with van der Waals surface area (Å²) in [4.78, 5) is 36.6. The van der Waals surface area contributed by atoms with Gasteiger partial charge in [-0.25, -0.2) is 43.5 Å². The van der Waals surface area contributed by atoms with Crippen molar-refractivity contribution in [2.24, 2.45) is 0 Å². The first-order valence-corrected chi connectivity index (χ1v) is 14.5. The number of aromatic nitrogens is 6. The molecule has 5 heterocycles. The van der Waals surface area contributed by atoms with E-state index in [4.69, 9.17) is 37.1 Å². The molecule has 0 atom stereocenters. The fourth-order valence-corrected chi connectivity index (χ4v) is 5.16. The molecule has 0 bridgehead atoms. The Hall–Kier alpha value is -5.79. The van der Waals surface area contributed by atoms with Crippen molar-refractivity contribution < 1.29 is 32.6 Å². The predicted octanol–water partition coefficient (Wildman–Crippen LogP) is 7.94. The zero-order valence-corrected chi connectivity index (χ0v) is 26.3. The van der Waals surface area contributed by atoms with E-state index in [1.54, 1.807) is 36.7 Å². The molecule has 5 aromatic heterocycles. The molecule has 0 fully saturated rings. The molecule has 240 valence electrons. The van der Waals surface area contributed by atoms with Crippen molar-refractivity contribution in [3.63, 3.8) is 0 Å². The molecule has 0 saturated carbocycles. The number of hydrogen-bond donors (Lipinski definition) is 1. The number of fused-ring (bicyclic) bond motifs is 2.